The second-order valence-corrected chi connectivity index (χ2v) is 3.78. The molecule has 0 bridgehead atoms. The third-order valence-corrected chi connectivity index (χ3v) is 2.60. The van der Waals surface area contributed by atoms with Gasteiger partial charge in [-0.05, 0) is 18.2 Å². The summed E-state index contributed by atoms with van der Waals surface area (Å²) in [5.41, 5.74) is -0.112. The Bertz CT molecular complexity index is 658. The molecule has 100 valence electrons. The fraction of sp³-hybridized carbons (Fsp3) is 0.167. The van der Waals surface area contributed by atoms with E-state index in [1.807, 2.05) is 0 Å². The summed E-state index contributed by atoms with van der Waals surface area (Å²) in [6.45, 7) is 0. The molecule has 1 aromatic heterocycles. The Hall–Kier alpha value is -2.31. The zero-order valence-corrected chi connectivity index (χ0v) is 9.67. The highest BCUT2D eigenvalue weighted by Crippen LogP contribution is 2.27. The zero-order chi connectivity index (χ0) is 14.2. The highest BCUT2D eigenvalue weighted by atomic mass is 19.4. The number of H-pyrrole nitrogens is 1. The number of aromatic nitrogens is 1. The summed E-state index contributed by atoms with van der Waals surface area (Å²) in [5, 5.41) is 0.0326. The summed E-state index contributed by atoms with van der Waals surface area (Å²) < 4.78 is 41.7. The Morgan fingerprint density at radius 1 is 1.26 bits per heavy atom. The van der Waals surface area contributed by atoms with Crippen LogP contribution in [0.5, 0.6) is 0 Å². The summed E-state index contributed by atoms with van der Waals surface area (Å²) >= 11 is 0. The van der Waals surface area contributed by atoms with Gasteiger partial charge in [0.25, 0.3) is 5.78 Å². The Morgan fingerprint density at radius 3 is 2.53 bits per heavy atom. The normalized spacial score (nSPS) is 11.6. The average Bonchev–Trinajstić information content (AvgIpc) is 2.78. The molecule has 0 unspecified atom stereocenters. The number of nitrogens with one attached hydrogen (secondary N) is 1. The predicted molar refractivity (Wildman–Crippen MR) is 60.0 cm³/mol. The lowest BCUT2D eigenvalue weighted by atomic mass is 10.1. The van der Waals surface area contributed by atoms with Crippen LogP contribution >= 0.6 is 0 Å². The van der Waals surface area contributed by atoms with Crippen molar-refractivity contribution >= 4 is 22.7 Å². The molecule has 2 rings (SSSR count). The fourth-order valence-corrected chi connectivity index (χ4v) is 1.71. The molecule has 0 radical (unpaired) electrons. The third-order valence-electron chi connectivity index (χ3n) is 2.60. The van der Waals surface area contributed by atoms with Crippen LogP contribution in [-0.2, 0) is 4.74 Å². The van der Waals surface area contributed by atoms with E-state index in [1.54, 1.807) is 0 Å². The molecular weight excluding hydrogens is 263 g/mol. The quantitative estimate of drug-likeness (QED) is 0.674. The Kier molecular flexibility index (Phi) is 3.05. The van der Waals surface area contributed by atoms with Crippen molar-refractivity contribution < 1.29 is 27.5 Å². The number of ether oxygens (including phenoxy) is 1. The van der Waals surface area contributed by atoms with Gasteiger partial charge < -0.3 is 9.72 Å². The molecule has 1 aromatic carbocycles. The van der Waals surface area contributed by atoms with Crippen molar-refractivity contribution in [3.05, 3.63) is 35.5 Å². The molecule has 1 heterocycles. The maximum Gasteiger partial charge on any atom is 0.454 e. The summed E-state index contributed by atoms with van der Waals surface area (Å²) in [6, 6.07) is 4.00. The maximum absolute atomic E-state index is 12.4. The highest BCUT2D eigenvalue weighted by Gasteiger charge is 2.40. The lowest BCUT2D eigenvalue weighted by Gasteiger charge is -2.04. The van der Waals surface area contributed by atoms with Crippen LogP contribution in [0.4, 0.5) is 13.2 Å². The van der Waals surface area contributed by atoms with Gasteiger partial charge in [0.05, 0.1) is 18.2 Å². The van der Waals surface area contributed by atoms with Crippen LogP contribution in [-0.4, -0.2) is 30.0 Å². The van der Waals surface area contributed by atoms with Crippen LogP contribution in [0.3, 0.4) is 0 Å². The number of rotatable bonds is 2. The molecule has 0 saturated carbocycles. The first kappa shape index (κ1) is 13.1. The molecule has 4 nitrogen and oxygen atoms in total. The van der Waals surface area contributed by atoms with E-state index in [9.17, 15) is 22.8 Å². The van der Waals surface area contributed by atoms with Crippen molar-refractivity contribution in [3.8, 4) is 0 Å². The first-order chi connectivity index (χ1) is 8.84. The van der Waals surface area contributed by atoms with Crippen molar-refractivity contribution in [1.82, 2.24) is 4.98 Å². The average molecular weight is 271 g/mol. The minimum absolute atomic E-state index is 0.0326. The first-order valence-electron chi connectivity index (χ1n) is 5.15. The van der Waals surface area contributed by atoms with Crippen molar-refractivity contribution in [2.45, 2.75) is 6.18 Å². The van der Waals surface area contributed by atoms with E-state index >= 15 is 0 Å². The summed E-state index contributed by atoms with van der Waals surface area (Å²) in [5.74, 6) is -2.64. The van der Waals surface area contributed by atoms with E-state index in [2.05, 4.69) is 9.72 Å². The van der Waals surface area contributed by atoms with E-state index in [0.29, 0.717) is 5.52 Å². The number of carbonyl (C=O) groups excluding carboxylic acids is 2. The Labute approximate surface area is 105 Å². The van der Waals surface area contributed by atoms with Gasteiger partial charge in [0.15, 0.2) is 0 Å². The number of hydrogen-bond acceptors (Lipinski definition) is 3. The molecule has 19 heavy (non-hydrogen) atoms. The molecular formula is C12H8F3NO3. The summed E-state index contributed by atoms with van der Waals surface area (Å²) in [4.78, 5) is 25.1. The number of fused-ring (bicyclic) bond motifs is 1. The molecule has 2 aromatic rings. The van der Waals surface area contributed by atoms with Crippen molar-refractivity contribution in [2.24, 2.45) is 0 Å². The van der Waals surface area contributed by atoms with Gasteiger partial charge in [-0.2, -0.15) is 13.2 Å². The van der Waals surface area contributed by atoms with E-state index in [1.165, 1.54) is 18.2 Å². The highest BCUT2D eigenvalue weighted by molar-refractivity contribution is 6.11. The number of methoxy groups -OCH3 is 1. The van der Waals surface area contributed by atoms with Crippen molar-refractivity contribution in [3.63, 3.8) is 0 Å². The molecule has 0 saturated heterocycles. The molecule has 1 N–H and O–H groups in total. The number of alkyl halides is 3. The smallest absolute Gasteiger partial charge is 0.454 e. The minimum atomic E-state index is -4.96. The van der Waals surface area contributed by atoms with Gasteiger partial charge in [-0.3, -0.25) is 4.79 Å². The molecule has 0 amide bonds. The zero-order valence-electron chi connectivity index (χ0n) is 9.67. The lowest BCUT2D eigenvalue weighted by molar-refractivity contribution is -0.0884. The van der Waals surface area contributed by atoms with Crippen LogP contribution in [0.15, 0.2) is 24.4 Å². The minimum Gasteiger partial charge on any atom is -0.465 e. The van der Waals surface area contributed by atoms with Gasteiger partial charge in [0.1, 0.15) is 0 Å². The van der Waals surface area contributed by atoms with Crippen molar-refractivity contribution in [1.29, 1.82) is 0 Å². The van der Waals surface area contributed by atoms with E-state index in [4.69, 9.17) is 0 Å². The number of hydrogen-bond donors (Lipinski definition) is 1. The SMILES string of the molecule is COC(=O)c1ccc2[nH]cc(C(=O)C(F)(F)F)c2c1. The molecule has 0 spiro atoms. The second-order valence-electron chi connectivity index (χ2n) is 3.78. The molecule has 0 atom stereocenters. The van der Waals surface area contributed by atoms with Crippen LogP contribution in [0, 0.1) is 0 Å². The number of esters is 1. The standard InChI is InChI=1S/C12H8F3NO3/c1-19-11(18)6-2-3-9-7(4-6)8(5-16-9)10(17)12(13,14)15/h2-5,16H,1H3. The van der Waals surface area contributed by atoms with Crippen molar-refractivity contribution in [2.75, 3.05) is 7.11 Å². The van der Waals surface area contributed by atoms with Gasteiger partial charge in [0.2, 0.25) is 0 Å². The van der Waals surface area contributed by atoms with Gasteiger partial charge in [0, 0.05) is 17.1 Å². The first-order valence-corrected chi connectivity index (χ1v) is 5.15. The number of ketones is 1. The summed E-state index contributed by atoms with van der Waals surface area (Å²) in [6.07, 6.45) is -3.99. The summed E-state index contributed by atoms with van der Waals surface area (Å²) in [7, 11) is 1.16. The van der Waals surface area contributed by atoms with E-state index in [-0.39, 0.29) is 10.9 Å². The monoisotopic (exact) mass is 271 g/mol. The van der Waals surface area contributed by atoms with Gasteiger partial charge >= 0.3 is 12.1 Å². The largest absolute Gasteiger partial charge is 0.465 e. The van der Waals surface area contributed by atoms with Gasteiger partial charge in [-0.15, -0.1) is 0 Å². The van der Waals surface area contributed by atoms with Crippen LogP contribution in [0.1, 0.15) is 20.7 Å². The van der Waals surface area contributed by atoms with E-state index < -0.39 is 23.5 Å². The lowest BCUT2D eigenvalue weighted by Crippen LogP contribution is -2.22. The van der Waals surface area contributed by atoms with E-state index in [0.717, 1.165) is 13.3 Å². The number of carbonyl (C=O) groups is 2. The topological polar surface area (TPSA) is 59.2 Å². The van der Waals surface area contributed by atoms with Crippen LogP contribution < -0.4 is 0 Å². The predicted octanol–water partition coefficient (Wildman–Crippen LogP) is 2.70. The Morgan fingerprint density at radius 2 is 1.95 bits per heavy atom. The van der Waals surface area contributed by atoms with Crippen LogP contribution in [0.25, 0.3) is 10.9 Å². The van der Waals surface area contributed by atoms with Gasteiger partial charge in [-0.25, -0.2) is 4.79 Å². The molecule has 0 aliphatic carbocycles. The number of benzene rings is 1. The number of Topliss-reactive ketones (excluding diaryl/α,β-unsaturated/α-hetero) is 1. The molecule has 0 aliphatic rings. The fourth-order valence-electron chi connectivity index (χ4n) is 1.71. The number of aromatic amines is 1. The second kappa shape index (κ2) is 4.42. The molecule has 0 fully saturated rings. The molecule has 0 aliphatic heterocycles. The Balaban J connectivity index is 2.58. The number of halogens is 3. The maximum atomic E-state index is 12.4. The molecule has 7 heteroatoms. The van der Waals surface area contributed by atoms with Crippen LogP contribution in [0.2, 0.25) is 0 Å². The van der Waals surface area contributed by atoms with Gasteiger partial charge in [-0.1, -0.05) is 0 Å². The third kappa shape index (κ3) is 2.31.